The van der Waals surface area contributed by atoms with Gasteiger partial charge in [-0.25, -0.2) is 0 Å². The normalized spacial score (nSPS) is 17.1. The number of anilines is 1. The van der Waals surface area contributed by atoms with Crippen molar-refractivity contribution in [2.75, 3.05) is 38.6 Å². The smallest absolute Gasteiger partial charge is 0.193 e. The number of hydrogen-bond donors (Lipinski definition) is 1. The van der Waals surface area contributed by atoms with E-state index in [1.165, 1.54) is 23.2 Å². The van der Waals surface area contributed by atoms with Crippen molar-refractivity contribution >= 4 is 23.2 Å². The number of aromatic nitrogens is 2. The summed E-state index contributed by atoms with van der Waals surface area (Å²) in [6.45, 7) is 10.3. The Hall–Kier alpha value is -2.21. The first-order valence-electron chi connectivity index (χ1n) is 10.7. The van der Waals surface area contributed by atoms with Gasteiger partial charge in [0.15, 0.2) is 5.96 Å². The van der Waals surface area contributed by atoms with Gasteiger partial charge in [-0.05, 0) is 42.9 Å². The highest BCUT2D eigenvalue weighted by Crippen LogP contribution is 2.29. The second-order valence-corrected chi connectivity index (χ2v) is 9.12. The molecule has 1 N–H and O–H groups in total. The van der Waals surface area contributed by atoms with Crippen LogP contribution in [-0.2, 0) is 13.6 Å². The maximum Gasteiger partial charge on any atom is 0.193 e. The molecule has 1 aromatic heterocycles. The van der Waals surface area contributed by atoms with Crippen LogP contribution in [0.3, 0.4) is 0 Å². The van der Waals surface area contributed by atoms with Crippen LogP contribution in [0.15, 0.2) is 29.4 Å². The molecule has 1 saturated heterocycles. The molecule has 0 aliphatic carbocycles. The van der Waals surface area contributed by atoms with Gasteiger partial charge in [0, 0.05) is 69.8 Å². The van der Waals surface area contributed by atoms with Crippen LogP contribution in [0.4, 0.5) is 5.69 Å². The molecule has 0 spiro atoms. The first-order chi connectivity index (χ1) is 14.3. The highest BCUT2D eigenvalue weighted by atomic mass is 35.5. The standard InChI is InChI=1S/C23H35ClN6/c1-16(2)22-19(15-29(6)27-22)14-28(5)23(25-4)26-12-18-9-10-30(13-18)21-11-20(24)8-7-17(21)3/h7-8,11,15-16,18H,9-10,12-14H2,1-6H3,(H,25,26). The fraction of sp³-hybridized carbons (Fsp3) is 0.565. The second kappa shape index (κ2) is 9.73. The van der Waals surface area contributed by atoms with E-state index in [1.807, 2.05) is 24.8 Å². The SMILES string of the molecule is CN=C(NCC1CCN(c2cc(Cl)ccc2C)C1)N(C)Cc1cn(C)nc1C(C)C. The molecule has 1 fully saturated rings. The number of rotatable bonds is 6. The summed E-state index contributed by atoms with van der Waals surface area (Å²) < 4.78 is 1.90. The number of aliphatic imine (C=N–C) groups is 1. The summed E-state index contributed by atoms with van der Waals surface area (Å²) >= 11 is 6.22. The molecule has 0 radical (unpaired) electrons. The van der Waals surface area contributed by atoms with E-state index < -0.39 is 0 Å². The zero-order chi connectivity index (χ0) is 21.8. The Labute approximate surface area is 185 Å². The summed E-state index contributed by atoms with van der Waals surface area (Å²) in [5.41, 5.74) is 4.94. The van der Waals surface area contributed by atoms with Gasteiger partial charge in [0.25, 0.3) is 0 Å². The minimum Gasteiger partial charge on any atom is -0.371 e. The van der Waals surface area contributed by atoms with Crippen molar-refractivity contribution in [1.82, 2.24) is 20.0 Å². The third-order valence-corrected chi connectivity index (χ3v) is 6.05. The van der Waals surface area contributed by atoms with Gasteiger partial charge < -0.3 is 15.1 Å². The monoisotopic (exact) mass is 430 g/mol. The number of nitrogens with one attached hydrogen (secondary N) is 1. The average molecular weight is 431 g/mol. The first kappa shape index (κ1) is 22.5. The number of nitrogens with zero attached hydrogens (tertiary/aromatic N) is 5. The van der Waals surface area contributed by atoms with Crippen LogP contribution >= 0.6 is 11.6 Å². The molecular weight excluding hydrogens is 396 g/mol. The summed E-state index contributed by atoms with van der Waals surface area (Å²) in [6, 6.07) is 6.14. The lowest BCUT2D eigenvalue weighted by Crippen LogP contribution is -2.41. The molecule has 164 valence electrons. The Bertz CT molecular complexity index is 888. The highest BCUT2D eigenvalue weighted by molar-refractivity contribution is 6.30. The second-order valence-electron chi connectivity index (χ2n) is 8.68. The fourth-order valence-corrected chi connectivity index (χ4v) is 4.42. The van der Waals surface area contributed by atoms with E-state index in [-0.39, 0.29) is 0 Å². The van der Waals surface area contributed by atoms with Crippen LogP contribution in [0.5, 0.6) is 0 Å². The van der Waals surface area contributed by atoms with Crippen molar-refractivity contribution in [3.8, 4) is 0 Å². The Morgan fingerprint density at radius 1 is 1.40 bits per heavy atom. The van der Waals surface area contributed by atoms with Gasteiger partial charge in [0.2, 0.25) is 0 Å². The van der Waals surface area contributed by atoms with Gasteiger partial charge in [-0.2, -0.15) is 5.10 Å². The fourth-order valence-electron chi connectivity index (χ4n) is 4.25. The quantitative estimate of drug-likeness (QED) is 0.555. The third kappa shape index (κ3) is 5.28. The Balaban J connectivity index is 1.56. The Morgan fingerprint density at radius 2 is 2.17 bits per heavy atom. The van der Waals surface area contributed by atoms with E-state index in [0.717, 1.165) is 42.9 Å². The molecule has 2 aromatic rings. The van der Waals surface area contributed by atoms with E-state index >= 15 is 0 Å². The van der Waals surface area contributed by atoms with Gasteiger partial charge in [-0.3, -0.25) is 9.67 Å². The van der Waals surface area contributed by atoms with Crippen molar-refractivity contribution in [3.05, 3.63) is 46.2 Å². The molecule has 1 aliphatic heterocycles. The van der Waals surface area contributed by atoms with Gasteiger partial charge in [0.05, 0.1) is 5.69 Å². The predicted octanol–water partition coefficient (Wildman–Crippen LogP) is 4.04. The summed E-state index contributed by atoms with van der Waals surface area (Å²) in [7, 11) is 5.92. The number of benzene rings is 1. The van der Waals surface area contributed by atoms with Crippen molar-refractivity contribution in [1.29, 1.82) is 0 Å². The molecule has 1 atom stereocenters. The number of aryl methyl sites for hydroxylation is 2. The summed E-state index contributed by atoms with van der Waals surface area (Å²) in [4.78, 5) is 9.13. The molecule has 3 rings (SSSR count). The van der Waals surface area contributed by atoms with Gasteiger partial charge in [-0.1, -0.05) is 31.5 Å². The molecule has 0 amide bonds. The van der Waals surface area contributed by atoms with E-state index in [1.54, 1.807) is 0 Å². The average Bonchev–Trinajstić information content (AvgIpc) is 3.31. The third-order valence-electron chi connectivity index (χ3n) is 5.81. The van der Waals surface area contributed by atoms with Crippen LogP contribution < -0.4 is 10.2 Å². The predicted molar refractivity (Wildman–Crippen MR) is 127 cm³/mol. The van der Waals surface area contributed by atoms with Crippen LogP contribution in [-0.4, -0.2) is 54.4 Å². The van der Waals surface area contributed by atoms with Crippen molar-refractivity contribution in [2.24, 2.45) is 18.0 Å². The highest BCUT2D eigenvalue weighted by Gasteiger charge is 2.24. The van der Waals surface area contributed by atoms with Gasteiger partial charge >= 0.3 is 0 Å². The van der Waals surface area contributed by atoms with Crippen LogP contribution in [0.25, 0.3) is 0 Å². The van der Waals surface area contributed by atoms with Crippen molar-refractivity contribution in [3.63, 3.8) is 0 Å². The molecule has 0 bridgehead atoms. The minimum absolute atomic E-state index is 0.406. The molecular formula is C23H35ClN6. The van der Waals surface area contributed by atoms with E-state index in [0.29, 0.717) is 11.8 Å². The Kier molecular flexibility index (Phi) is 7.29. The van der Waals surface area contributed by atoms with E-state index in [9.17, 15) is 0 Å². The molecule has 7 heteroatoms. The molecule has 1 aromatic carbocycles. The summed E-state index contributed by atoms with van der Waals surface area (Å²) in [6.07, 6.45) is 3.28. The van der Waals surface area contributed by atoms with Crippen molar-refractivity contribution in [2.45, 2.75) is 39.7 Å². The molecule has 6 nitrogen and oxygen atoms in total. The van der Waals surface area contributed by atoms with Crippen LogP contribution in [0.1, 0.15) is 43.0 Å². The van der Waals surface area contributed by atoms with E-state index in [4.69, 9.17) is 11.6 Å². The molecule has 1 unspecified atom stereocenters. The molecule has 2 heterocycles. The molecule has 30 heavy (non-hydrogen) atoms. The molecule has 0 saturated carbocycles. The lowest BCUT2D eigenvalue weighted by molar-refractivity contribution is 0.460. The van der Waals surface area contributed by atoms with E-state index in [2.05, 4.69) is 71.4 Å². The van der Waals surface area contributed by atoms with Gasteiger partial charge in [-0.15, -0.1) is 0 Å². The largest absolute Gasteiger partial charge is 0.371 e. The maximum atomic E-state index is 6.22. The zero-order valence-corrected chi connectivity index (χ0v) is 19.9. The molecule has 1 aliphatic rings. The zero-order valence-electron chi connectivity index (χ0n) is 19.1. The Morgan fingerprint density at radius 3 is 2.87 bits per heavy atom. The summed E-state index contributed by atoms with van der Waals surface area (Å²) in [5.74, 6) is 1.91. The lowest BCUT2D eigenvalue weighted by Gasteiger charge is -2.24. The van der Waals surface area contributed by atoms with Crippen LogP contribution in [0.2, 0.25) is 5.02 Å². The topological polar surface area (TPSA) is 48.7 Å². The van der Waals surface area contributed by atoms with Gasteiger partial charge in [0.1, 0.15) is 0 Å². The lowest BCUT2D eigenvalue weighted by atomic mass is 10.1. The first-order valence-corrected chi connectivity index (χ1v) is 11.1. The number of halogens is 1. The number of guanidine groups is 1. The maximum absolute atomic E-state index is 6.22. The minimum atomic E-state index is 0.406. The number of hydrogen-bond acceptors (Lipinski definition) is 3. The summed E-state index contributed by atoms with van der Waals surface area (Å²) in [5, 5.41) is 9.00. The van der Waals surface area contributed by atoms with Crippen LogP contribution in [0, 0.1) is 12.8 Å². The van der Waals surface area contributed by atoms with Crippen molar-refractivity contribution < 1.29 is 0 Å².